The molecule has 3 N–H and O–H groups in total. The van der Waals surface area contributed by atoms with E-state index < -0.39 is 6.04 Å². The smallest absolute Gasteiger partial charge is 0.255 e. The number of nitrogens with one attached hydrogen (secondary N) is 3. The van der Waals surface area contributed by atoms with Gasteiger partial charge in [-0.05, 0) is 80.0 Å². The maximum Gasteiger partial charge on any atom is 0.255 e. The van der Waals surface area contributed by atoms with E-state index in [2.05, 4.69) is 16.0 Å². The Hall–Kier alpha value is -3.35. The lowest BCUT2D eigenvalue weighted by Crippen LogP contribution is -2.45. The van der Waals surface area contributed by atoms with Crippen LogP contribution in [0.5, 0.6) is 5.75 Å². The van der Waals surface area contributed by atoms with Crippen molar-refractivity contribution in [3.05, 3.63) is 105 Å². The van der Waals surface area contributed by atoms with Crippen LogP contribution in [0.2, 0.25) is 5.02 Å². The van der Waals surface area contributed by atoms with Gasteiger partial charge in [0.1, 0.15) is 12.4 Å². The molecular formula is C27H26ClN3O2S. The molecule has 1 heterocycles. The Labute approximate surface area is 210 Å². The first-order chi connectivity index (χ1) is 16.3. The lowest BCUT2D eigenvalue weighted by molar-refractivity contribution is -0.113. The number of allylic oxidation sites excluding steroid dienone is 1. The zero-order valence-corrected chi connectivity index (χ0v) is 20.8. The normalized spacial score (nSPS) is 15.4. The molecule has 0 radical (unpaired) electrons. The van der Waals surface area contributed by atoms with E-state index in [1.807, 2.05) is 87.5 Å². The molecule has 0 aliphatic carbocycles. The summed E-state index contributed by atoms with van der Waals surface area (Å²) in [4.78, 5) is 13.4. The molecule has 5 nitrogen and oxygen atoms in total. The van der Waals surface area contributed by atoms with E-state index in [9.17, 15) is 4.79 Å². The van der Waals surface area contributed by atoms with Gasteiger partial charge in [-0.25, -0.2) is 0 Å². The third-order valence-electron chi connectivity index (χ3n) is 5.65. The van der Waals surface area contributed by atoms with Crippen molar-refractivity contribution >= 4 is 40.5 Å². The molecule has 0 unspecified atom stereocenters. The van der Waals surface area contributed by atoms with Crippen LogP contribution in [0, 0.1) is 13.8 Å². The van der Waals surface area contributed by atoms with Gasteiger partial charge >= 0.3 is 0 Å². The van der Waals surface area contributed by atoms with Crippen molar-refractivity contribution in [2.75, 3.05) is 5.32 Å². The quantitative estimate of drug-likeness (QED) is 0.371. The summed E-state index contributed by atoms with van der Waals surface area (Å²) in [6.07, 6.45) is 0. The van der Waals surface area contributed by atoms with Crippen LogP contribution in [-0.4, -0.2) is 11.0 Å². The lowest BCUT2D eigenvalue weighted by atomic mass is 9.94. The molecule has 0 saturated heterocycles. The van der Waals surface area contributed by atoms with Crippen molar-refractivity contribution in [1.82, 2.24) is 10.6 Å². The Morgan fingerprint density at radius 1 is 1.06 bits per heavy atom. The number of hydrogen-bond donors (Lipinski definition) is 3. The maximum atomic E-state index is 13.4. The average molecular weight is 492 g/mol. The van der Waals surface area contributed by atoms with E-state index in [1.165, 1.54) is 0 Å². The van der Waals surface area contributed by atoms with Crippen LogP contribution in [-0.2, 0) is 11.4 Å². The maximum absolute atomic E-state index is 13.4. The van der Waals surface area contributed by atoms with Gasteiger partial charge < -0.3 is 20.7 Å². The van der Waals surface area contributed by atoms with Gasteiger partial charge in [0.2, 0.25) is 0 Å². The Bertz CT molecular complexity index is 1270. The van der Waals surface area contributed by atoms with Crippen molar-refractivity contribution in [1.29, 1.82) is 0 Å². The van der Waals surface area contributed by atoms with Crippen molar-refractivity contribution in [2.24, 2.45) is 0 Å². The van der Waals surface area contributed by atoms with Crippen LogP contribution in [0.4, 0.5) is 5.69 Å². The summed E-state index contributed by atoms with van der Waals surface area (Å²) in [5, 5.41) is 10.5. The first kappa shape index (κ1) is 23.8. The number of carbonyl (C=O) groups is 1. The van der Waals surface area contributed by atoms with Crippen LogP contribution in [0.1, 0.15) is 35.2 Å². The van der Waals surface area contributed by atoms with Crippen LogP contribution in [0.3, 0.4) is 0 Å². The van der Waals surface area contributed by atoms with Gasteiger partial charge in [0.05, 0.1) is 11.6 Å². The fourth-order valence-electron chi connectivity index (χ4n) is 3.92. The number of hydrogen-bond acceptors (Lipinski definition) is 3. The molecule has 1 amide bonds. The van der Waals surface area contributed by atoms with Crippen molar-refractivity contribution in [2.45, 2.75) is 33.4 Å². The monoisotopic (exact) mass is 491 g/mol. The molecule has 3 aromatic carbocycles. The molecule has 4 rings (SSSR count). The minimum absolute atomic E-state index is 0.190. The second kappa shape index (κ2) is 10.3. The molecular weight excluding hydrogens is 466 g/mol. The van der Waals surface area contributed by atoms with Gasteiger partial charge in [0.15, 0.2) is 5.11 Å². The molecule has 0 bridgehead atoms. The van der Waals surface area contributed by atoms with E-state index in [4.69, 9.17) is 28.6 Å². The molecule has 0 saturated carbocycles. The highest BCUT2D eigenvalue weighted by atomic mass is 35.5. The molecule has 1 atom stereocenters. The number of benzene rings is 3. The Morgan fingerprint density at radius 2 is 1.82 bits per heavy atom. The molecule has 0 fully saturated rings. The van der Waals surface area contributed by atoms with Crippen LogP contribution >= 0.6 is 23.8 Å². The summed E-state index contributed by atoms with van der Waals surface area (Å²) in [6.45, 7) is 6.28. The fourth-order valence-corrected chi connectivity index (χ4v) is 4.32. The summed E-state index contributed by atoms with van der Waals surface area (Å²) in [5.74, 6) is 0.509. The minimum Gasteiger partial charge on any atom is -0.489 e. The summed E-state index contributed by atoms with van der Waals surface area (Å²) in [5.41, 5.74) is 6.11. The zero-order chi connectivity index (χ0) is 24.2. The molecule has 7 heteroatoms. The standard InChI is InChI=1S/C27H26ClN3O2S/c1-16-7-12-23(17(2)13-16)30-26(32)24-18(3)29-27(34)31-25(24)20-5-4-6-22(14-20)33-15-19-8-10-21(28)11-9-19/h4-14,25H,15H2,1-3H3,(H,30,32)(H2,29,31,34)/t25-/m1/s1. The number of aryl methyl sites for hydroxylation is 2. The largest absolute Gasteiger partial charge is 0.489 e. The van der Waals surface area contributed by atoms with Crippen LogP contribution in [0.25, 0.3) is 0 Å². The molecule has 1 aliphatic rings. The van der Waals surface area contributed by atoms with E-state index in [1.54, 1.807) is 0 Å². The lowest BCUT2D eigenvalue weighted by Gasteiger charge is -2.30. The SMILES string of the molecule is CC1=C(C(=O)Nc2ccc(C)cc2C)[C@@H](c2cccc(OCc3ccc(Cl)cc3)c2)NC(=S)N1. The number of rotatable bonds is 6. The van der Waals surface area contributed by atoms with Gasteiger partial charge in [-0.1, -0.05) is 53.6 Å². The van der Waals surface area contributed by atoms with Crippen LogP contribution in [0.15, 0.2) is 78.0 Å². The number of carbonyl (C=O) groups excluding carboxylic acids is 1. The topological polar surface area (TPSA) is 62.4 Å². The summed E-state index contributed by atoms with van der Waals surface area (Å²) < 4.78 is 6.00. The predicted octanol–water partition coefficient (Wildman–Crippen LogP) is 5.97. The predicted molar refractivity (Wildman–Crippen MR) is 141 cm³/mol. The highest BCUT2D eigenvalue weighted by Gasteiger charge is 2.30. The van der Waals surface area contributed by atoms with E-state index in [0.717, 1.165) is 27.9 Å². The van der Waals surface area contributed by atoms with E-state index in [-0.39, 0.29) is 5.91 Å². The third-order valence-corrected chi connectivity index (χ3v) is 6.13. The number of amides is 1. The van der Waals surface area contributed by atoms with Gasteiger partial charge in [-0.2, -0.15) is 0 Å². The highest BCUT2D eigenvalue weighted by molar-refractivity contribution is 7.80. The second-order valence-electron chi connectivity index (χ2n) is 8.33. The second-order valence-corrected chi connectivity index (χ2v) is 9.17. The molecule has 3 aromatic rings. The average Bonchev–Trinajstić information content (AvgIpc) is 2.80. The van der Waals surface area contributed by atoms with Crippen LogP contribution < -0.4 is 20.7 Å². The fraction of sp³-hybridized carbons (Fsp3) is 0.185. The van der Waals surface area contributed by atoms with Crippen molar-refractivity contribution in [3.8, 4) is 5.75 Å². The molecule has 34 heavy (non-hydrogen) atoms. The Balaban J connectivity index is 1.57. The van der Waals surface area contributed by atoms with Gasteiger partial charge in [0, 0.05) is 16.4 Å². The molecule has 0 aromatic heterocycles. The van der Waals surface area contributed by atoms with Crippen molar-refractivity contribution < 1.29 is 9.53 Å². The van der Waals surface area contributed by atoms with Gasteiger partial charge in [0.25, 0.3) is 5.91 Å². The third kappa shape index (κ3) is 5.58. The molecule has 1 aliphatic heterocycles. The number of thiocarbonyl (C=S) groups is 1. The number of ether oxygens (including phenoxy) is 1. The summed E-state index contributed by atoms with van der Waals surface area (Å²) >= 11 is 11.4. The van der Waals surface area contributed by atoms with Gasteiger partial charge in [-0.15, -0.1) is 0 Å². The first-order valence-corrected chi connectivity index (χ1v) is 11.7. The van der Waals surface area contributed by atoms with E-state index >= 15 is 0 Å². The molecule has 0 spiro atoms. The number of halogens is 1. The summed E-state index contributed by atoms with van der Waals surface area (Å²) in [6, 6.07) is 20.8. The zero-order valence-electron chi connectivity index (χ0n) is 19.2. The number of anilines is 1. The Morgan fingerprint density at radius 3 is 2.56 bits per heavy atom. The van der Waals surface area contributed by atoms with E-state index in [0.29, 0.717) is 33.8 Å². The van der Waals surface area contributed by atoms with Crippen molar-refractivity contribution in [3.63, 3.8) is 0 Å². The molecule has 174 valence electrons. The first-order valence-electron chi connectivity index (χ1n) is 10.9. The Kier molecular flexibility index (Phi) is 7.20. The highest BCUT2D eigenvalue weighted by Crippen LogP contribution is 2.30. The minimum atomic E-state index is -0.418. The summed E-state index contributed by atoms with van der Waals surface area (Å²) in [7, 11) is 0. The van der Waals surface area contributed by atoms with Gasteiger partial charge in [-0.3, -0.25) is 4.79 Å².